The summed E-state index contributed by atoms with van der Waals surface area (Å²) >= 11 is 0. The molecular weight excluding hydrogens is 1690 g/mol. The van der Waals surface area contributed by atoms with Gasteiger partial charge in [0.05, 0.1) is 40.2 Å². The van der Waals surface area contributed by atoms with Gasteiger partial charge >= 0.3 is 20.1 Å². The van der Waals surface area contributed by atoms with Gasteiger partial charge < -0.3 is 29.6 Å². The molecule has 22 rings (SSSR count). The van der Waals surface area contributed by atoms with E-state index in [0.717, 1.165) is 156 Å². The number of carbonyl (C=O) groups is 2. The number of ketones is 2. The van der Waals surface area contributed by atoms with E-state index in [2.05, 4.69) is 408 Å². The quantitative estimate of drug-likeness (QED) is 0.0528. The normalized spacial score (nSPS) is 11.2. The van der Waals surface area contributed by atoms with Crippen molar-refractivity contribution in [1.82, 2.24) is 19.9 Å². The average molecular weight is 1770 g/mol. The summed E-state index contributed by atoms with van der Waals surface area (Å²) in [5, 5.41) is 17.6. The van der Waals surface area contributed by atoms with Crippen molar-refractivity contribution in [2.24, 2.45) is 0 Å². The Hall–Kier alpha value is -15.7. The van der Waals surface area contributed by atoms with Crippen LogP contribution < -0.4 is 19.6 Å². The van der Waals surface area contributed by atoms with Crippen LogP contribution in [0.5, 0.6) is 0 Å². The van der Waals surface area contributed by atoms with E-state index in [1.54, 1.807) is 0 Å². The van der Waals surface area contributed by atoms with Crippen LogP contribution in [-0.2, 0) is 29.7 Å². The molecule has 11 heteroatoms. The molecule has 0 atom stereocenters. The molecule has 0 saturated carbocycles. The Bertz CT molecular complexity index is 7280. The molecule has 0 aliphatic rings. The summed E-state index contributed by atoms with van der Waals surface area (Å²) < 4.78 is 0. The number of benzene rings is 20. The van der Waals surface area contributed by atoms with E-state index in [1.807, 2.05) is 48.8 Å². The second-order valence-electron chi connectivity index (χ2n) is 30.6. The third kappa shape index (κ3) is 15.2. The van der Waals surface area contributed by atoms with E-state index in [-0.39, 0.29) is 38.1 Å². The van der Waals surface area contributed by atoms with E-state index in [1.165, 1.54) is 56.9 Å². The van der Waals surface area contributed by atoms with Crippen molar-refractivity contribution in [3.05, 3.63) is 437 Å². The van der Waals surface area contributed by atoms with Gasteiger partial charge in [-0.15, -0.1) is 47.2 Å². The summed E-state index contributed by atoms with van der Waals surface area (Å²) in [4.78, 5) is 50.4. The Morgan fingerprint density at radius 1 is 0.250 bits per heavy atom. The fourth-order valence-electron chi connectivity index (χ4n) is 17.2. The summed E-state index contributed by atoms with van der Waals surface area (Å²) in [6.07, 6.45) is 3.87. The average Bonchev–Trinajstić information content (AvgIpc) is 0.729. The molecule has 0 unspecified atom stereocenters. The molecule has 0 fully saturated rings. The number of aromatic nitrogens is 4. The van der Waals surface area contributed by atoms with E-state index >= 15 is 0 Å². The van der Waals surface area contributed by atoms with Crippen molar-refractivity contribution < 1.29 is 29.7 Å². The van der Waals surface area contributed by atoms with Crippen molar-refractivity contribution in [3.63, 3.8) is 0 Å². The Morgan fingerprint density at radius 2 is 0.516 bits per heavy atom. The second-order valence-corrected chi connectivity index (χ2v) is 30.6. The predicted molar refractivity (Wildman–Crippen MR) is 512 cm³/mol. The number of fused-ring (bicyclic) bond motifs is 16. The predicted octanol–water partition coefficient (Wildman–Crippen LogP) is 29.9. The molecule has 0 radical (unpaired) electrons. The van der Waals surface area contributed by atoms with E-state index in [9.17, 15) is 9.59 Å². The SMILES string of the molecule is CC(=O)CC(C)=O.[Ir+3].[c-]1cc(N(c2ccccc2)c2cccc3ccccc23)cc2c1c1ncc(-c3ccccc3)nc1c1ccc(N(c3ccccc3)c3cccc4ccccc34)cc21.[c-]1cc(N(c2ccccc2)c2cccc3ccccc23)cc2c1c1ncc(-c3ccccc3)nc1c1ccc(N(c3ccccc3)c3cccc4ccccc34)cc21. The number of hydrogen-bond donors (Lipinski definition) is 0. The zero-order valence-corrected chi connectivity index (χ0v) is 70.2. The number of rotatable bonds is 16. The Balaban J connectivity index is 0.000000150. The number of anilines is 12. The molecule has 0 N–H and O–H groups in total. The summed E-state index contributed by atoms with van der Waals surface area (Å²) in [5.74, 6) is -0.125. The van der Waals surface area contributed by atoms with Crippen LogP contribution in [0, 0.1) is 12.1 Å². The van der Waals surface area contributed by atoms with Crippen LogP contribution in [0.15, 0.2) is 425 Å². The first-order chi connectivity index (χ1) is 60.7. The van der Waals surface area contributed by atoms with Crippen molar-refractivity contribution in [2.45, 2.75) is 20.3 Å². The van der Waals surface area contributed by atoms with Crippen molar-refractivity contribution in [3.8, 4) is 22.5 Å². The largest absolute Gasteiger partial charge is 3.00 e. The number of para-hydroxylation sites is 4. The first-order valence-electron chi connectivity index (χ1n) is 41.3. The van der Waals surface area contributed by atoms with Gasteiger partial charge in [-0.25, -0.2) is 0 Å². The van der Waals surface area contributed by atoms with Crippen molar-refractivity contribution in [1.29, 1.82) is 0 Å². The molecule has 20 aromatic carbocycles. The number of nitrogens with zero attached hydrogens (tertiary/aromatic N) is 8. The monoisotopic (exact) mass is 1770 g/mol. The van der Waals surface area contributed by atoms with E-state index < -0.39 is 0 Å². The van der Waals surface area contributed by atoms with Crippen LogP contribution in [-0.4, -0.2) is 31.5 Å². The maximum absolute atomic E-state index is 10.0. The van der Waals surface area contributed by atoms with Crippen molar-refractivity contribution >= 4 is 188 Å². The summed E-state index contributed by atoms with van der Waals surface area (Å²) in [6.45, 7) is 2.81. The third-order valence-electron chi connectivity index (χ3n) is 22.7. The second kappa shape index (κ2) is 34.6. The molecular formula is C113H78IrN8O2+. The molecule has 2 aromatic heterocycles. The molecule has 10 nitrogen and oxygen atoms in total. The van der Waals surface area contributed by atoms with Gasteiger partial charge in [0.15, 0.2) is 0 Å². The molecule has 0 aliphatic heterocycles. The van der Waals surface area contributed by atoms with Gasteiger partial charge in [0.25, 0.3) is 0 Å². The maximum atomic E-state index is 10.0. The summed E-state index contributed by atoms with van der Waals surface area (Å²) in [7, 11) is 0. The first kappa shape index (κ1) is 78.2. The van der Waals surface area contributed by atoms with Gasteiger partial charge in [0, 0.05) is 102 Å². The summed E-state index contributed by atoms with van der Waals surface area (Å²) in [5.41, 5.74) is 19.9. The van der Waals surface area contributed by atoms with Crippen LogP contribution in [0.25, 0.3) is 131 Å². The van der Waals surface area contributed by atoms with Crippen LogP contribution in [0.1, 0.15) is 20.3 Å². The fourth-order valence-corrected chi connectivity index (χ4v) is 17.2. The molecule has 0 amide bonds. The standard InChI is InChI=1S/2C54H35N4.C5H8O2.Ir/c2*1-4-18-39(19-5-1)50-36-55-53-46-32-30-42(57(40-22-6-2-7-23-40)51-28-14-20-37-16-10-12-26-44(37)51)34-48(46)49-35-43(31-33-47(49)54(53)56-50)58(41-24-8-3-9-25-41)52-29-15-21-38-17-11-13-27-45(38)52;1-4(6)3-5(2)7;/h2*1-31,33-36H;3H2,1-2H3;/q2*-1;;+3. The number of hydrogen-bond acceptors (Lipinski definition) is 10. The molecule has 124 heavy (non-hydrogen) atoms. The van der Waals surface area contributed by atoms with Gasteiger partial charge in [-0.1, -0.05) is 302 Å². The summed E-state index contributed by atoms with van der Waals surface area (Å²) in [6, 6.07) is 153. The zero-order chi connectivity index (χ0) is 82.7. The fraction of sp³-hybridized carbons (Fsp3) is 0.0265. The molecule has 2 heterocycles. The minimum absolute atomic E-state index is 0. The topological polar surface area (TPSA) is 98.7 Å². The van der Waals surface area contributed by atoms with Gasteiger partial charge in [0.1, 0.15) is 11.6 Å². The molecule has 22 aromatic rings. The number of carbonyl (C=O) groups excluding carboxylic acids is 2. The molecule has 0 bridgehead atoms. The minimum Gasteiger partial charge on any atom is -0.351 e. The van der Waals surface area contributed by atoms with Crippen LogP contribution in [0.3, 0.4) is 0 Å². The third-order valence-corrected chi connectivity index (χ3v) is 22.7. The Labute approximate surface area is 731 Å². The van der Waals surface area contributed by atoms with Gasteiger partial charge in [-0.3, -0.25) is 19.6 Å². The van der Waals surface area contributed by atoms with E-state index in [0.29, 0.717) is 0 Å². The Kier molecular flexibility index (Phi) is 21.8. The minimum atomic E-state index is -0.0625. The zero-order valence-electron chi connectivity index (χ0n) is 67.8. The van der Waals surface area contributed by atoms with E-state index in [4.69, 9.17) is 19.9 Å². The van der Waals surface area contributed by atoms with Crippen molar-refractivity contribution in [2.75, 3.05) is 19.6 Å². The van der Waals surface area contributed by atoms with Gasteiger partial charge in [-0.05, 0) is 165 Å². The molecule has 0 saturated heterocycles. The van der Waals surface area contributed by atoms with Gasteiger partial charge in [-0.2, -0.15) is 0 Å². The van der Waals surface area contributed by atoms with Gasteiger partial charge in [0.2, 0.25) is 0 Å². The molecule has 0 spiro atoms. The van der Waals surface area contributed by atoms with Crippen LogP contribution in [0.2, 0.25) is 0 Å². The molecule has 590 valence electrons. The van der Waals surface area contributed by atoms with Crippen LogP contribution >= 0.6 is 0 Å². The smallest absolute Gasteiger partial charge is 0.351 e. The molecule has 0 aliphatic carbocycles. The maximum Gasteiger partial charge on any atom is 3.00 e. The number of Topliss-reactive ketones (excluding diaryl/α,β-unsaturated/α-hetero) is 2. The van der Waals surface area contributed by atoms with Crippen LogP contribution in [0.4, 0.5) is 68.2 Å². The first-order valence-corrected chi connectivity index (χ1v) is 41.3. The Morgan fingerprint density at radius 3 is 0.815 bits per heavy atom.